The zero-order valence-electron chi connectivity index (χ0n) is 23.5. The molecule has 10 heteroatoms. The van der Waals surface area contributed by atoms with Crippen LogP contribution in [0.15, 0.2) is 84.9 Å². The number of rotatable bonds is 7. The summed E-state index contributed by atoms with van der Waals surface area (Å²) in [4.78, 5) is 69.0. The van der Waals surface area contributed by atoms with Crippen molar-refractivity contribution in [3.05, 3.63) is 112 Å². The Morgan fingerprint density at radius 2 is 1.66 bits per heavy atom. The van der Waals surface area contributed by atoms with Gasteiger partial charge >= 0.3 is 5.97 Å². The lowest BCUT2D eigenvalue weighted by Gasteiger charge is -2.17. The number of nitrogens with zero attached hydrogens (tertiary/aromatic N) is 3. The van der Waals surface area contributed by atoms with Crippen molar-refractivity contribution in [1.82, 2.24) is 4.98 Å². The Balaban J connectivity index is 1.15. The number of benzene rings is 3. The molecule has 10 nitrogen and oxygen atoms in total. The molecule has 3 aliphatic rings. The number of nitro benzene ring substituents is 1. The average molecular weight is 588 g/mol. The molecule has 0 N–H and O–H groups in total. The van der Waals surface area contributed by atoms with Gasteiger partial charge in [0.2, 0.25) is 17.6 Å². The first-order valence-corrected chi connectivity index (χ1v) is 14.2. The van der Waals surface area contributed by atoms with Gasteiger partial charge in [0.25, 0.3) is 5.69 Å². The van der Waals surface area contributed by atoms with Crippen LogP contribution in [0.4, 0.5) is 11.4 Å². The molecule has 2 fully saturated rings. The van der Waals surface area contributed by atoms with Gasteiger partial charge in [-0.2, -0.15) is 0 Å². The van der Waals surface area contributed by atoms with E-state index in [0.717, 1.165) is 18.1 Å². The van der Waals surface area contributed by atoms with Crippen molar-refractivity contribution in [2.24, 2.45) is 23.7 Å². The molecule has 2 amide bonds. The van der Waals surface area contributed by atoms with Crippen molar-refractivity contribution in [3.8, 4) is 11.3 Å². The van der Waals surface area contributed by atoms with Gasteiger partial charge in [-0.15, -0.1) is 0 Å². The van der Waals surface area contributed by atoms with Crippen LogP contribution < -0.4 is 4.90 Å². The van der Waals surface area contributed by atoms with E-state index in [1.165, 1.54) is 23.1 Å². The van der Waals surface area contributed by atoms with Gasteiger partial charge in [-0.25, -0.2) is 9.78 Å². The quantitative estimate of drug-likeness (QED) is 0.0693. The monoisotopic (exact) mass is 587 g/mol. The highest BCUT2D eigenvalue weighted by molar-refractivity contribution is 6.22. The van der Waals surface area contributed by atoms with Crippen molar-refractivity contribution < 1.29 is 28.8 Å². The van der Waals surface area contributed by atoms with Gasteiger partial charge in [0, 0.05) is 28.6 Å². The number of carbonyl (C=O) groups excluding carboxylic acids is 4. The Bertz CT molecular complexity index is 1920. The van der Waals surface area contributed by atoms with E-state index in [9.17, 15) is 29.3 Å². The van der Waals surface area contributed by atoms with Gasteiger partial charge in [0.15, 0.2) is 6.61 Å². The Labute approximate surface area is 251 Å². The Hall–Kier alpha value is -5.51. The summed E-state index contributed by atoms with van der Waals surface area (Å²) in [7, 11) is 0. The van der Waals surface area contributed by atoms with Gasteiger partial charge in [0.1, 0.15) is 0 Å². The minimum absolute atomic E-state index is 0.0609. The number of non-ortho nitro benzene ring substituents is 1. The van der Waals surface area contributed by atoms with Gasteiger partial charge in [-0.05, 0) is 55.5 Å². The number of anilines is 1. The Kier molecular flexibility index (Phi) is 6.42. The minimum Gasteiger partial charge on any atom is -0.454 e. The molecule has 1 aliphatic heterocycles. The van der Waals surface area contributed by atoms with E-state index in [2.05, 4.69) is 12.2 Å². The molecule has 4 atom stereocenters. The Morgan fingerprint density at radius 3 is 2.34 bits per heavy atom. The second-order valence-corrected chi connectivity index (χ2v) is 11.4. The molecule has 2 heterocycles. The highest BCUT2D eigenvalue weighted by atomic mass is 16.6. The molecule has 7 rings (SSSR count). The summed E-state index contributed by atoms with van der Waals surface area (Å²) in [5.74, 6) is -1.98. The van der Waals surface area contributed by atoms with Crippen LogP contribution >= 0.6 is 0 Å². The van der Waals surface area contributed by atoms with Gasteiger partial charge in [0.05, 0.1) is 39.2 Å². The minimum atomic E-state index is -0.748. The van der Waals surface area contributed by atoms with E-state index in [0.29, 0.717) is 27.8 Å². The number of imide groups is 1. The van der Waals surface area contributed by atoms with Crippen LogP contribution in [-0.2, 0) is 14.3 Å². The number of hydrogen-bond acceptors (Lipinski definition) is 8. The second kappa shape index (κ2) is 10.3. The molecule has 0 spiro atoms. The van der Waals surface area contributed by atoms with E-state index < -0.39 is 23.3 Å². The molecular weight excluding hydrogens is 562 g/mol. The SMILES string of the molecule is Cc1ccc2nc(-c3ccc(N4C(=O)C5C6C=CC(C6)C5C4=O)cc3)cc(C(=O)OCC(=O)c3cccc([N+](=O)[O-])c3)c2c1. The third-order valence-electron chi connectivity index (χ3n) is 8.79. The summed E-state index contributed by atoms with van der Waals surface area (Å²) >= 11 is 0. The molecule has 1 saturated heterocycles. The largest absolute Gasteiger partial charge is 0.454 e. The summed E-state index contributed by atoms with van der Waals surface area (Å²) in [6.07, 6.45) is 4.98. The molecule has 3 aromatic carbocycles. The van der Waals surface area contributed by atoms with Crippen LogP contribution in [0.5, 0.6) is 0 Å². The zero-order chi connectivity index (χ0) is 30.7. The van der Waals surface area contributed by atoms with Gasteiger partial charge in [-0.3, -0.25) is 29.4 Å². The van der Waals surface area contributed by atoms with Crippen LogP contribution in [0.25, 0.3) is 22.2 Å². The van der Waals surface area contributed by atoms with Crippen molar-refractivity contribution in [1.29, 1.82) is 0 Å². The lowest BCUT2D eigenvalue weighted by Crippen LogP contribution is -2.32. The summed E-state index contributed by atoms with van der Waals surface area (Å²) in [5, 5.41) is 11.6. The predicted molar refractivity (Wildman–Crippen MR) is 160 cm³/mol. The van der Waals surface area contributed by atoms with Crippen LogP contribution in [0.2, 0.25) is 0 Å². The highest BCUT2D eigenvalue weighted by Crippen LogP contribution is 2.53. The molecule has 1 aromatic heterocycles. The fraction of sp³-hybridized carbons (Fsp3) is 0.206. The number of hydrogen-bond donors (Lipinski definition) is 0. The maximum atomic E-state index is 13.3. The molecule has 218 valence electrons. The van der Waals surface area contributed by atoms with Gasteiger partial charge in [-0.1, -0.05) is 48.0 Å². The molecule has 2 bridgehead atoms. The van der Waals surface area contributed by atoms with Crippen LogP contribution in [0.1, 0.15) is 32.7 Å². The third kappa shape index (κ3) is 4.46. The standard InChI is InChI=1S/C34H25N3O7/c1-18-5-12-27-25(13-18)26(34(41)44-17-29(38)20-3-2-4-24(15-20)37(42)43)16-28(35-27)19-8-10-23(11-9-19)36-32(39)30-21-6-7-22(14-21)31(30)33(36)40/h2-13,15-16,21-22,30-31H,14,17H2,1H3. The molecular formula is C34H25N3O7. The maximum Gasteiger partial charge on any atom is 0.339 e. The molecule has 4 aromatic rings. The average Bonchev–Trinajstić information content (AvgIpc) is 3.72. The highest BCUT2D eigenvalue weighted by Gasteiger charge is 2.59. The topological polar surface area (TPSA) is 137 Å². The first-order valence-electron chi connectivity index (χ1n) is 14.2. The number of aromatic nitrogens is 1. The first kappa shape index (κ1) is 27.3. The summed E-state index contributed by atoms with van der Waals surface area (Å²) < 4.78 is 5.38. The lowest BCUT2D eigenvalue weighted by molar-refractivity contribution is -0.384. The van der Waals surface area contributed by atoms with Crippen molar-refractivity contribution in [2.45, 2.75) is 13.3 Å². The number of aryl methyl sites for hydroxylation is 1. The zero-order valence-corrected chi connectivity index (χ0v) is 23.5. The second-order valence-electron chi connectivity index (χ2n) is 11.4. The van der Waals surface area contributed by atoms with Crippen LogP contribution in [0.3, 0.4) is 0 Å². The van der Waals surface area contributed by atoms with E-state index >= 15 is 0 Å². The van der Waals surface area contributed by atoms with E-state index in [1.54, 1.807) is 42.5 Å². The number of amides is 2. The molecule has 44 heavy (non-hydrogen) atoms. The number of ketones is 1. The number of fused-ring (bicyclic) bond motifs is 6. The third-order valence-corrected chi connectivity index (χ3v) is 8.79. The van der Waals surface area contributed by atoms with Gasteiger partial charge < -0.3 is 4.74 Å². The number of pyridine rings is 1. The van der Waals surface area contributed by atoms with E-state index in [-0.39, 0.29) is 52.3 Å². The molecule has 0 radical (unpaired) electrons. The number of Topliss-reactive ketones (excluding diaryl/α,β-unsaturated/α-hetero) is 1. The predicted octanol–water partition coefficient (Wildman–Crippen LogP) is 5.47. The fourth-order valence-corrected chi connectivity index (χ4v) is 6.68. The summed E-state index contributed by atoms with van der Waals surface area (Å²) in [6, 6.07) is 19.2. The summed E-state index contributed by atoms with van der Waals surface area (Å²) in [5.41, 5.74) is 3.06. The first-order chi connectivity index (χ1) is 21.2. The van der Waals surface area contributed by atoms with Crippen LogP contribution in [0, 0.1) is 40.7 Å². The van der Waals surface area contributed by atoms with Crippen molar-refractivity contribution in [2.75, 3.05) is 11.5 Å². The summed E-state index contributed by atoms with van der Waals surface area (Å²) in [6.45, 7) is 1.28. The maximum absolute atomic E-state index is 13.3. The number of allylic oxidation sites excluding steroid dienone is 2. The molecule has 4 unspecified atom stereocenters. The molecule has 2 aliphatic carbocycles. The number of carbonyl (C=O) groups is 4. The van der Waals surface area contributed by atoms with E-state index in [4.69, 9.17) is 9.72 Å². The number of esters is 1. The van der Waals surface area contributed by atoms with Crippen molar-refractivity contribution in [3.63, 3.8) is 0 Å². The van der Waals surface area contributed by atoms with Crippen molar-refractivity contribution >= 4 is 45.8 Å². The number of ether oxygens (including phenoxy) is 1. The fourth-order valence-electron chi connectivity index (χ4n) is 6.68. The normalized spacial score (nSPS) is 21.6. The number of nitro groups is 1. The lowest BCUT2D eigenvalue weighted by atomic mass is 9.85. The van der Waals surface area contributed by atoms with Crippen LogP contribution in [-0.4, -0.2) is 40.1 Å². The van der Waals surface area contributed by atoms with E-state index in [1.807, 2.05) is 13.0 Å². The smallest absolute Gasteiger partial charge is 0.339 e. The Morgan fingerprint density at radius 1 is 0.955 bits per heavy atom. The molecule has 1 saturated carbocycles.